The van der Waals surface area contributed by atoms with Crippen molar-refractivity contribution in [2.24, 2.45) is 5.73 Å². The molecule has 1 aliphatic rings. The number of carbonyl (C=O) groups excluding carboxylic acids is 1. The summed E-state index contributed by atoms with van der Waals surface area (Å²) < 4.78 is 34.0. The van der Waals surface area contributed by atoms with Gasteiger partial charge in [0, 0.05) is 43.4 Å². The van der Waals surface area contributed by atoms with E-state index in [0.29, 0.717) is 28.8 Å². The first-order chi connectivity index (χ1) is 19.3. The van der Waals surface area contributed by atoms with Crippen molar-refractivity contribution in [2.75, 3.05) is 47.7 Å². The summed E-state index contributed by atoms with van der Waals surface area (Å²) in [4.78, 5) is 22.8. The Morgan fingerprint density at radius 3 is 2.67 bits per heavy atom. The molecule has 1 amide bonds. The lowest BCUT2D eigenvalue weighted by Gasteiger charge is -2.33. The van der Waals surface area contributed by atoms with Crippen LogP contribution in [-0.4, -0.2) is 53.8 Å². The number of halogens is 2. The first-order valence-electron chi connectivity index (χ1n) is 12.9. The zero-order valence-corrected chi connectivity index (χ0v) is 22.2. The number of nitrogens with one attached hydrogen (secondary N) is 3. The predicted octanol–water partition coefficient (Wildman–Crippen LogP) is 4.09. The summed E-state index contributed by atoms with van der Waals surface area (Å²) in [6, 6.07) is 8.46. The zero-order chi connectivity index (χ0) is 28.6. The maximum atomic E-state index is 14.5. The Labute approximate surface area is 231 Å². The van der Waals surface area contributed by atoms with Gasteiger partial charge in [0.2, 0.25) is 5.91 Å². The Bertz CT molecular complexity index is 1350. The first kappa shape index (κ1) is 28.7. The minimum atomic E-state index is -0.990. The number of aliphatic hydroxyl groups excluding tert-OH is 1. The Balaban J connectivity index is 1.62. The molecule has 0 bridgehead atoms. The van der Waals surface area contributed by atoms with Gasteiger partial charge in [0.25, 0.3) is 0 Å². The predicted molar refractivity (Wildman–Crippen MR) is 151 cm³/mol. The maximum Gasteiger partial charge on any atom is 0.247 e. The highest BCUT2D eigenvalue weighted by molar-refractivity contribution is 6.02. The summed E-state index contributed by atoms with van der Waals surface area (Å²) >= 11 is 0. The molecule has 12 heteroatoms. The summed E-state index contributed by atoms with van der Waals surface area (Å²) in [5, 5.41) is 18.6. The van der Waals surface area contributed by atoms with Gasteiger partial charge in [0.05, 0.1) is 30.2 Å². The molecule has 0 saturated carbocycles. The maximum absolute atomic E-state index is 14.5. The van der Waals surface area contributed by atoms with Crippen molar-refractivity contribution in [3.8, 4) is 5.75 Å². The molecule has 10 nitrogen and oxygen atoms in total. The molecule has 1 aromatic heterocycles. The molecular weight excluding hydrogens is 520 g/mol. The molecule has 3 aromatic rings. The van der Waals surface area contributed by atoms with E-state index in [2.05, 4.69) is 37.4 Å². The van der Waals surface area contributed by atoms with Crippen LogP contribution in [0.1, 0.15) is 30.9 Å². The van der Waals surface area contributed by atoms with E-state index in [1.807, 2.05) is 6.07 Å². The van der Waals surface area contributed by atoms with E-state index in [4.69, 9.17) is 10.5 Å². The lowest BCUT2D eigenvalue weighted by molar-refractivity contribution is -0.111. The summed E-state index contributed by atoms with van der Waals surface area (Å²) in [6.07, 6.45) is 4.27. The lowest BCUT2D eigenvalue weighted by atomic mass is 10.0. The van der Waals surface area contributed by atoms with E-state index in [0.717, 1.165) is 37.7 Å². The number of aliphatic hydroxyl groups is 1. The van der Waals surface area contributed by atoms with E-state index >= 15 is 0 Å². The number of nitrogens with zero attached hydrogens (tertiary/aromatic N) is 3. The van der Waals surface area contributed by atoms with Crippen molar-refractivity contribution in [1.29, 1.82) is 0 Å². The van der Waals surface area contributed by atoms with Crippen LogP contribution in [0.3, 0.4) is 0 Å². The standard InChI is InChI=1S/C28H33F2N7O3/c1-3-27(39)36-21-13-22(24(40-2)14-23(21)37-10-7-17(31)8-11-37)35-26-15-25(32-16-33-26)34-20(9-12-38)18-5-4-6-19(29)28(18)30/h3-6,13-17,20,38H,1,7-12,31H2,2H3,(H,36,39)(H2,32,33,34,35)/t20-/m1/s1. The van der Waals surface area contributed by atoms with Gasteiger partial charge in [0.1, 0.15) is 23.7 Å². The molecule has 1 aliphatic heterocycles. The van der Waals surface area contributed by atoms with Gasteiger partial charge in [-0.3, -0.25) is 4.79 Å². The number of rotatable bonds is 11. The molecule has 2 aromatic carbocycles. The molecule has 2 heterocycles. The largest absolute Gasteiger partial charge is 0.494 e. The second-order valence-electron chi connectivity index (χ2n) is 9.35. The number of piperidine rings is 1. The van der Waals surface area contributed by atoms with Crippen LogP contribution < -0.4 is 31.3 Å². The number of benzene rings is 2. The topological polar surface area (TPSA) is 138 Å². The number of methoxy groups -OCH3 is 1. The van der Waals surface area contributed by atoms with Gasteiger partial charge < -0.3 is 36.4 Å². The molecule has 4 rings (SSSR count). The number of hydrogen-bond donors (Lipinski definition) is 5. The Hall–Kier alpha value is -4.29. The van der Waals surface area contributed by atoms with Crippen LogP contribution in [0.2, 0.25) is 0 Å². The fourth-order valence-electron chi connectivity index (χ4n) is 4.57. The fourth-order valence-corrected chi connectivity index (χ4v) is 4.57. The second-order valence-corrected chi connectivity index (χ2v) is 9.35. The monoisotopic (exact) mass is 553 g/mol. The molecule has 1 fully saturated rings. The van der Waals surface area contributed by atoms with Crippen molar-refractivity contribution in [2.45, 2.75) is 31.3 Å². The van der Waals surface area contributed by atoms with Crippen molar-refractivity contribution >= 4 is 34.6 Å². The van der Waals surface area contributed by atoms with Crippen LogP contribution in [0.4, 0.5) is 37.5 Å². The van der Waals surface area contributed by atoms with Crippen LogP contribution in [0.5, 0.6) is 5.75 Å². The molecule has 0 unspecified atom stereocenters. The third-order valence-corrected chi connectivity index (χ3v) is 6.67. The lowest BCUT2D eigenvalue weighted by Crippen LogP contribution is -2.40. The third-order valence-electron chi connectivity index (χ3n) is 6.67. The number of hydrogen-bond acceptors (Lipinski definition) is 9. The average Bonchev–Trinajstić information content (AvgIpc) is 2.95. The van der Waals surface area contributed by atoms with E-state index < -0.39 is 17.7 Å². The Kier molecular flexibility index (Phi) is 9.46. The molecular formula is C28H33F2N7O3. The second kappa shape index (κ2) is 13.2. The molecule has 1 atom stereocenters. The Morgan fingerprint density at radius 1 is 1.23 bits per heavy atom. The zero-order valence-electron chi connectivity index (χ0n) is 22.2. The van der Waals surface area contributed by atoms with E-state index in [-0.39, 0.29) is 30.5 Å². The van der Waals surface area contributed by atoms with Crippen molar-refractivity contribution < 1.29 is 23.4 Å². The number of nitrogens with two attached hydrogens (primary N) is 1. The summed E-state index contributed by atoms with van der Waals surface area (Å²) in [6.45, 7) is 4.75. The normalized spacial score (nSPS) is 14.4. The smallest absolute Gasteiger partial charge is 0.247 e. The van der Waals surface area contributed by atoms with Crippen molar-refractivity contribution in [3.63, 3.8) is 0 Å². The van der Waals surface area contributed by atoms with Crippen molar-refractivity contribution in [1.82, 2.24) is 9.97 Å². The van der Waals surface area contributed by atoms with Gasteiger partial charge in [-0.05, 0) is 37.5 Å². The van der Waals surface area contributed by atoms with Crippen LogP contribution in [-0.2, 0) is 4.79 Å². The third kappa shape index (κ3) is 6.82. The first-order valence-corrected chi connectivity index (χ1v) is 12.9. The van der Waals surface area contributed by atoms with Gasteiger partial charge in [-0.15, -0.1) is 0 Å². The molecule has 212 valence electrons. The molecule has 1 saturated heterocycles. The number of carbonyl (C=O) groups is 1. The van der Waals surface area contributed by atoms with Crippen LogP contribution >= 0.6 is 0 Å². The van der Waals surface area contributed by atoms with Crippen LogP contribution in [0, 0.1) is 11.6 Å². The fraction of sp³-hybridized carbons (Fsp3) is 0.321. The van der Waals surface area contributed by atoms with Crippen LogP contribution in [0.15, 0.2) is 55.4 Å². The molecule has 0 radical (unpaired) electrons. The number of ether oxygens (including phenoxy) is 1. The minimum absolute atomic E-state index is 0.0701. The van der Waals surface area contributed by atoms with E-state index in [1.54, 1.807) is 19.2 Å². The van der Waals surface area contributed by atoms with Gasteiger partial charge >= 0.3 is 0 Å². The summed E-state index contributed by atoms with van der Waals surface area (Å²) in [5.74, 6) is -1.13. The van der Waals surface area contributed by atoms with E-state index in [9.17, 15) is 18.7 Å². The highest BCUT2D eigenvalue weighted by atomic mass is 19.2. The number of aromatic nitrogens is 2. The quantitative estimate of drug-likeness (QED) is 0.222. The molecule has 6 N–H and O–H groups in total. The highest BCUT2D eigenvalue weighted by Gasteiger charge is 2.22. The summed E-state index contributed by atoms with van der Waals surface area (Å²) in [5.41, 5.74) is 8.02. The van der Waals surface area contributed by atoms with Crippen molar-refractivity contribution in [3.05, 3.63) is 72.6 Å². The molecule has 0 spiro atoms. The highest BCUT2D eigenvalue weighted by Crippen LogP contribution is 2.39. The van der Waals surface area contributed by atoms with Gasteiger partial charge in [-0.25, -0.2) is 18.7 Å². The van der Waals surface area contributed by atoms with Gasteiger partial charge in [-0.2, -0.15) is 0 Å². The average molecular weight is 554 g/mol. The minimum Gasteiger partial charge on any atom is -0.494 e. The molecule has 0 aliphatic carbocycles. The van der Waals surface area contributed by atoms with E-state index in [1.165, 1.54) is 24.5 Å². The Morgan fingerprint density at radius 2 is 1.98 bits per heavy atom. The van der Waals surface area contributed by atoms with Gasteiger partial charge in [0.15, 0.2) is 11.6 Å². The SMILES string of the molecule is C=CC(=O)Nc1cc(Nc2cc(N[C@H](CCO)c3cccc(F)c3F)ncn2)c(OC)cc1N1CCC(N)CC1. The molecule has 40 heavy (non-hydrogen) atoms. The van der Waals surface area contributed by atoms with Gasteiger partial charge in [-0.1, -0.05) is 18.7 Å². The number of anilines is 5. The summed E-state index contributed by atoms with van der Waals surface area (Å²) in [7, 11) is 1.54. The number of amides is 1. The van der Waals surface area contributed by atoms with Crippen LogP contribution in [0.25, 0.3) is 0 Å².